The lowest BCUT2D eigenvalue weighted by Gasteiger charge is -2.19. The molecule has 122 valence electrons. The summed E-state index contributed by atoms with van der Waals surface area (Å²) in [5.41, 5.74) is -1.88. The van der Waals surface area contributed by atoms with Gasteiger partial charge in [0.05, 0.1) is 27.9 Å². The molecule has 1 unspecified atom stereocenters. The van der Waals surface area contributed by atoms with E-state index in [1.54, 1.807) is 0 Å². The van der Waals surface area contributed by atoms with Crippen LogP contribution in [0, 0.1) is 0 Å². The molecule has 8 nitrogen and oxygen atoms in total. The zero-order chi connectivity index (χ0) is 16.9. The number of ether oxygens (including phenoxy) is 3. The summed E-state index contributed by atoms with van der Waals surface area (Å²) in [6, 6.07) is 2.85. The Kier molecular flexibility index (Phi) is 5.58. The van der Waals surface area contributed by atoms with E-state index in [0.717, 1.165) is 6.92 Å². The molecule has 1 atom stereocenters. The van der Waals surface area contributed by atoms with Gasteiger partial charge in [0.2, 0.25) is 5.75 Å². The van der Waals surface area contributed by atoms with Gasteiger partial charge in [0.15, 0.2) is 17.1 Å². The minimum Gasteiger partial charge on any atom is -0.493 e. The molecule has 3 N–H and O–H groups in total. The third kappa shape index (κ3) is 3.79. The molecule has 0 aliphatic rings. The van der Waals surface area contributed by atoms with Crippen molar-refractivity contribution in [2.75, 3.05) is 27.9 Å². The van der Waals surface area contributed by atoms with Crippen LogP contribution in [-0.2, 0) is 4.79 Å². The van der Waals surface area contributed by atoms with Crippen molar-refractivity contribution in [3.63, 3.8) is 0 Å². The second kappa shape index (κ2) is 6.99. The normalized spacial score (nSPS) is 13.0. The summed E-state index contributed by atoms with van der Waals surface area (Å²) in [6.07, 6.45) is 0. The van der Waals surface area contributed by atoms with Gasteiger partial charge in [-0.15, -0.1) is 0 Å². The van der Waals surface area contributed by atoms with Gasteiger partial charge in [-0.2, -0.15) is 0 Å². The van der Waals surface area contributed by atoms with Crippen molar-refractivity contribution >= 4 is 11.9 Å². The van der Waals surface area contributed by atoms with Crippen LogP contribution in [0.15, 0.2) is 12.1 Å². The van der Waals surface area contributed by atoms with Crippen LogP contribution in [0.1, 0.15) is 17.3 Å². The quantitative estimate of drug-likeness (QED) is 0.662. The van der Waals surface area contributed by atoms with Crippen molar-refractivity contribution < 1.29 is 34.0 Å². The minimum absolute atomic E-state index is 0.177. The van der Waals surface area contributed by atoms with Gasteiger partial charge in [0.1, 0.15) is 0 Å². The fraction of sp³-hybridized carbons (Fsp3) is 0.429. The van der Waals surface area contributed by atoms with Crippen LogP contribution in [-0.4, -0.2) is 55.6 Å². The molecule has 0 radical (unpaired) electrons. The fourth-order valence-corrected chi connectivity index (χ4v) is 1.64. The first-order valence-corrected chi connectivity index (χ1v) is 6.30. The molecule has 0 aliphatic carbocycles. The predicted octanol–water partition coefficient (Wildman–Crippen LogP) is 0.278. The lowest BCUT2D eigenvalue weighted by atomic mass is 10.1. The first kappa shape index (κ1) is 17.6. The first-order valence-electron chi connectivity index (χ1n) is 6.30. The summed E-state index contributed by atoms with van der Waals surface area (Å²) >= 11 is 0. The van der Waals surface area contributed by atoms with E-state index in [0.29, 0.717) is 5.75 Å². The number of benzene rings is 1. The molecule has 0 saturated carbocycles. The van der Waals surface area contributed by atoms with Crippen molar-refractivity contribution in [3.05, 3.63) is 17.7 Å². The van der Waals surface area contributed by atoms with Crippen molar-refractivity contribution in [1.82, 2.24) is 5.32 Å². The number of hydrogen-bond donors (Lipinski definition) is 3. The number of aliphatic hydroxyl groups is 1. The second-order valence-corrected chi connectivity index (χ2v) is 4.68. The van der Waals surface area contributed by atoms with Crippen LogP contribution >= 0.6 is 0 Å². The molecule has 0 fully saturated rings. The lowest BCUT2D eigenvalue weighted by Crippen LogP contribution is -2.46. The van der Waals surface area contributed by atoms with Gasteiger partial charge in [-0.05, 0) is 19.1 Å². The number of nitrogens with one attached hydrogen (secondary N) is 1. The van der Waals surface area contributed by atoms with Crippen LogP contribution < -0.4 is 19.5 Å². The molecule has 22 heavy (non-hydrogen) atoms. The summed E-state index contributed by atoms with van der Waals surface area (Å²) in [5, 5.41) is 20.7. The number of carboxylic acid groups (broad SMARTS) is 1. The van der Waals surface area contributed by atoms with Crippen LogP contribution in [0.25, 0.3) is 0 Å². The molecule has 8 heteroatoms. The number of carboxylic acids is 1. The van der Waals surface area contributed by atoms with E-state index >= 15 is 0 Å². The van der Waals surface area contributed by atoms with Gasteiger partial charge >= 0.3 is 5.97 Å². The van der Waals surface area contributed by atoms with E-state index in [2.05, 4.69) is 5.32 Å². The highest BCUT2D eigenvalue weighted by Gasteiger charge is 2.30. The van der Waals surface area contributed by atoms with E-state index in [4.69, 9.17) is 19.3 Å². The third-order valence-corrected chi connectivity index (χ3v) is 2.98. The summed E-state index contributed by atoms with van der Waals surface area (Å²) in [6.45, 7) is 0.641. The van der Waals surface area contributed by atoms with Gasteiger partial charge in [-0.25, -0.2) is 4.79 Å². The number of aliphatic carboxylic acids is 1. The Morgan fingerprint density at radius 1 is 1.14 bits per heavy atom. The van der Waals surface area contributed by atoms with E-state index < -0.39 is 24.0 Å². The Morgan fingerprint density at radius 3 is 2.00 bits per heavy atom. The molecule has 1 aromatic carbocycles. The van der Waals surface area contributed by atoms with Crippen LogP contribution in [0.2, 0.25) is 0 Å². The van der Waals surface area contributed by atoms with E-state index in [-0.39, 0.29) is 17.1 Å². The molecule has 0 spiro atoms. The van der Waals surface area contributed by atoms with Crippen LogP contribution in [0.3, 0.4) is 0 Å². The summed E-state index contributed by atoms with van der Waals surface area (Å²) in [4.78, 5) is 22.9. The number of carbonyl (C=O) groups is 2. The SMILES string of the molecule is COc1cc(C(=O)NCC(C)(O)C(=O)O)cc(OC)c1OC. The summed E-state index contributed by atoms with van der Waals surface area (Å²) in [7, 11) is 4.26. The van der Waals surface area contributed by atoms with E-state index in [9.17, 15) is 14.7 Å². The van der Waals surface area contributed by atoms with Gasteiger partial charge in [-0.1, -0.05) is 0 Å². The molecule has 0 heterocycles. The topological polar surface area (TPSA) is 114 Å². The smallest absolute Gasteiger partial charge is 0.337 e. The molecule has 0 saturated heterocycles. The number of rotatable bonds is 7. The maximum absolute atomic E-state index is 12.1. The Bertz CT molecular complexity index is 543. The number of hydrogen-bond acceptors (Lipinski definition) is 6. The molecular formula is C14H19NO7. The molecule has 1 amide bonds. The van der Waals surface area contributed by atoms with Gasteiger partial charge < -0.3 is 29.7 Å². The largest absolute Gasteiger partial charge is 0.493 e. The van der Waals surface area contributed by atoms with Crippen molar-refractivity contribution in [2.45, 2.75) is 12.5 Å². The number of carbonyl (C=O) groups excluding carboxylic acids is 1. The highest BCUT2D eigenvalue weighted by atomic mass is 16.5. The molecule has 1 aromatic rings. The Labute approximate surface area is 127 Å². The average Bonchev–Trinajstić information content (AvgIpc) is 2.50. The fourth-order valence-electron chi connectivity index (χ4n) is 1.64. The summed E-state index contributed by atoms with van der Waals surface area (Å²) < 4.78 is 15.4. The highest BCUT2D eigenvalue weighted by Crippen LogP contribution is 2.38. The van der Waals surface area contributed by atoms with Crippen LogP contribution in [0.5, 0.6) is 17.2 Å². The predicted molar refractivity (Wildman–Crippen MR) is 76.7 cm³/mol. The van der Waals surface area contributed by atoms with Gasteiger partial charge in [-0.3, -0.25) is 4.79 Å². The molecule has 0 bridgehead atoms. The minimum atomic E-state index is -2.06. The first-order chi connectivity index (χ1) is 10.3. The Hall–Kier alpha value is -2.48. The standard InChI is InChI=1S/C14H19NO7/c1-14(19,13(17)18)7-15-12(16)8-5-9(20-2)11(22-4)10(6-8)21-3/h5-6,19H,7H2,1-4H3,(H,15,16)(H,17,18). The monoisotopic (exact) mass is 313 g/mol. The lowest BCUT2D eigenvalue weighted by molar-refractivity contribution is -0.155. The third-order valence-electron chi connectivity index (χ3n) is 2.98. The van der Waals surface area contributed by atoms with Crippen molar-refractivity contribution in [3.8, 4) is 17.2 Å². The zero-order valence-electron chi connectivity index (χ0n) is 12.8. The van der Waals surface area contributed by atoms with E-state index in [1.165, 1.54) is 33.5 Å². The average molecular weight is 313 g/mol. The zero-order valence-corrected chi connectivity index (χ0v) is 12.8. The molecule has 0 aromatic heterocycles. The van der Waals surface area contributed by atoms with Gasteiger partial charge in [0.25, 0.3) is 5.91 Å². The highest BCUT2D eigenvalue weighted by molar-refractivity contribution is 5.96. The number of methoxy groups -OCH3 is 3. The molecular weight excluding hydrogens is 294 g/mol. The number of amides is 1. The van der Waals surface area contributed by atoms with Crippen LogP contribution in [0.4, 0.5) is 0 Å². The maximum Gasteiger partial charge on any atom is 0.337 e. The second-order valence-electron chi connectivity index (χ2n) is 4.68. The Morgan fingerprint density at radius 2 is 1.64 bits per heavy atom. The Balaban J connectivity index is 3.01. The summed E-state index contributed by atoms with van der Waals surface area (Å²) in [5.74, 6) is -1.11. The van der Waals surface area contributed by atoms with Crippen molar-refractivity contribution in [2.24, 2.45) is 0 Å². The maximum atomic E-state index is 12.1. The van der Waals surface area contributed by atoms with Gasteiger partial charge in [0, 0.05) is 5.56 Å². The molecule has 0 aliphatic heterocycles. The molecule has 1 rings (SSSR count). The van der Waals surface area contributed by atoms with Crippen molar-refractivity contribution in [1.29, 1.82) is 0 Å². The van der Waals surface area contributed by atoms with E-state index in [1.807, 2.05) is 0 Å².